The number of esters is 1. The predicted octanol–water partition coefficient (Wildman–Crippen LogP) is 0.619. The molecule has 0 aliphatic heterocycles. The summed E-state index contributed by atoms with van der Waals surface area (Å²) in [7, 11) is -2.37. The maximum Gasteiger partial charge on any atom is 0.306 e. The molecule has 8 heteroatoms. The van der Waals surface area contributed by atoms with Crippen LogP contribution in [0.1, 0.15) is 20.3 Å². The van der Waals surface area contributed by atoms with E-state index >= 15 is 0 Å². The Morgan fingerprint density at radius 3 is 2.68 bits per heavy atom. The molecule has 1 aromatic heterocycles. The highest BCUT2D eigenvalue weighted by atomic mass is 32.2. The van der Waals surface area contributed by atoms with Crippen molar-refractivity contribution in [1.29, 1.82) is 0 Å². The second kappa shape index (κ2) is 6.67. The summed E-state index contributed by atoms with van der Waals surface area (Å²) in [5.74, 6) is -0.288. The van der Waals surface area contributed by atoms with E-state index in [0.29, 0.717) is 6.54 Å². The standard InChI is InChI=1S/C11H19N3O4S/c1-9(2)8-14(7-5-11(15)18-3)19(16,17)10-4-6-12-13-10/h4,6,9H,5,7-8H2,1-3H3,(H,12,13). The molecule has 1 N–H and O–H groups in total. The third-order valence-electron chi connectivity index (χ3n) is 2.45. The van der Waals surface area contributed by atoms with Crippen LogP contribution in [0.5, 0.6) is 0 Å². The number of aromatic nitrogens is 2. The molecule has 0 amide bonds. The summed E-state index contributed by atoms with van der Waals surface area (Å²) in [5.41, 5.74) is 0. The lowest BCUT2D eigenvalue weighted by atomic mass is 10.2. The fraction of sp³-hybridized carbons (Fsp3) is 0.636. The van der Waals surface area contributed by atoms with Crippen LogP contribution in [-0.2, 0) is 19.6 Å². The number of carbonyl (C=O) groups is 1. The molecule has 0 unspecified atom stereocenters. The van der Waals surface area contributed by atoms with Crippen LogP contribution in [0, 0.1) is 5.92 Å². The minimum absolute atomic E-state index is 0.0244. The maximum atomic E-state index is 12.3. The van der Waals surface area contributed by atoms with Gasteiger partial charge in [-0.05, 0) is 12.0 Å². The van der Waals surface area contributed by atoms with Gasteiger partial charge in [0, 0.05) is 13.1 Å². The van der Waals surface area contributed by atoms with Gasteiger partial charge in [-0.3, -0.25) is 9.89 Å². The molecule has 1 rings (SSSR count). The third kappa shape index (κ3) is 4.32. The normalized spacial score (nSPS) is 12.1. The number of ether oxygens (including phenoxy) is 1. The largest absolute Gasteiger partial charge is 0.469 e. The molecule has 0 spiro atoms. The molecule has 0 aliphatic rings. The minimum atomic E-state index is -3.65. The summed E-state index contributed by atoms with van der Waals surface area (Å²) in [6.07, 6.45) is 1.40. The second-order valence-corrected chi connectivity index (χ2v) is 6.41. The zero-order valence-corrected chi connectivity index (χ0v) is 12.1. The average Bonchev–Trinajstić information content (AvgIpc) is 2.87. The Balaban J connectivity index is 2.87. The SMILES string of the molecule is COC(=O)CCN(CC(C)C)S(=O)(=O)c1ccn[nH]1. The predicted molar refractivity (Wildman–Crippen MR) is 68.8 cm³/mol. The van der Waals surface area contributed by atoms with Crippen molar-refractivity contribution in [2.75, 3.05) is 20.2 Å². The minimum Gasteiger partial charge on any atom is -0.469 e. The number of hydrogen-bond acceptors (Lipinski definition) is 5. The Morgan fingerprint density at radius 2 is 2.21 bits per heavy atom. The number of H-pyrrole nitrogens is 1. The first kappa shape index (κ1) is 15.6. The van der Waals surface area contributed by atoms with E-state index in [1.807, 2.05) is 13.8 Å². The van der Waals surface area contributed by atoms with Gasteiger partial charge >= 0.3 is 5.97 Å². The summed E-state index contributed by atoms with van der Waals surface area (Å²) in [5, 5.41) is 6.10. The molecule has 7 nitrogen and oxygen atoms in total. The van der Waals surface area contributed by atoms with Gasteiger partial charge in [0.15, 0.2) is 5.03 Å². The molecule has 0 aliphatic carbocycles. The Kier molecular flexibility index (Phi) is 5.49. The van der Waals surface area contributed by atoms with Crippen LogP contribution in [0.15, 0.2) is 17.3 Å². The first-order valence-corrected chi connectivity index (χ1v) is 7.38. The van der Waals surface area contributed by atoms with Crippen molar-refractivity contribution >= 4 is 16.0 Å². The Hall–Kier alpha value is -1.41. The van der Waals surface area contributed by atoms with Gasteiger partial charge in [0.05, 0.1) is 19.7 Å². The zero-order valence-electron chi connectivity index (χ0n) is 11.3. The Labute approximate surface area is 113 Å². The van der Waals surface area contributed by atoms with Gasteiger partial charge in [-0.15, -0.1) is 0 Å². The van der Waals surface area contributed by atoms with E-state index in [4.69, 9.17) is 0 Å². The van der Waals surface area contributed by atoms with Crippen molar-refractivity contribution in [3.63, 3.8) is 0 Å². The summed E-state index contributed by atoms with van der Waals surface area (Å²) in [4.78, 5) is 11.2. The number of nitrogens with one attached hydrogen (secondary N) is 1. The van der Waals surface area contributed by atoms with Crippen LogP contribution in [-0.4, -0.2) is 49.1 Å². The van der Waals surface area contributed by atoms with E-state index in [1.165, 1.54) is 23.7 Å². The zero-order chi connectivity index (χ0) is 14.5. The molecule has 0 aromatic carbocycles. The molecule has 0 bridgehead atoms. The molecule has 1 aromatic rings. The Bertz CT molecular complexity index is 496. The number of aromatic amines is 1. The van der Waals surface area contributed by atoms with E-state index in [0.717, 1.165) is 0 Å². The molecule has 1 heterocycles. The first-order valence-electron chi connectivity index (χ1n) is 5.94. The van der Waals surface area contributed by atoms with Crippen LogP contribution >= 0.6 is 0 Å². The van der Waals surface area contributed by atoms with Crippen molar-refractivity contribution < 1.29 is 17.9 Å². The third-order valence-corrected chi connectivity index (χ3v) is 4.25. The van der Waals surface area contributed by atoms with E-state index in [-0.39, 0.29) is 23.9 Å². The van der Waals surface area contributed by atoms with Crippen molar-refractivity contribution in [2.45, 2.75) is 25.3 Å². The van der Waals surface area contributed by atoms with Crippen molar-refractivity contribution in [3.8, 4) is 0 Å². The summed E-state index contributed by atoms with van der Waals surface area (Å²) >= 11 is 0. The van der Waals surface area contributed by atoms with Gasteiger partial charge < -0.3 is 4.74 Å². The van der Waals surface area contributed by atoms with Gasteiger partial charge in [-0.2, -0.15) is 9.40 Å². The molecule has 0 atom stereocenters. The van der Waals surface area contributed by atoms with Crippen LogP contribution in [0.25, 0.3) is 0 Å². The fourth-order valence-electron chi connectivity index (χ4n) is 1.56. The topological polar surface area (TPSA) is 92.4 Å². The van der Waals surface area contributed by atoms with E-state index < -0.39 is 16.0 Å². The van der Waals surface area contributed by atoms with Crippen LogP contribution < -0.4 is 0 Å². The highest BCUT2D eigenvalue weighted by Crippen LogP contribution is 2.15. The van der Waals surface area contributed by atoms with Crippen molar-refractivity contribution in [1.82, 2.24) is 14.5 Å². The number of sulfonamides is 1. The number of rotatable bonds is 7. The van der Waals surface area contributed by atoms with Gasteiger partial charge in [0.25, 0.3) is 10.0 Å². The number of hydrogen-bond donors (Lipinski definition) is 1. The molecular weight excluding hydrogens is 270 g/mol. The average molecular weight is 289 g/mol. The van der Waals surface area contributed by atoms with Crippen LogP contribution in [0.3, 0.4) is 0 Å². The lowest BCUT2D eigenvalue weighted by Crippen LogP contribution is -2.36. The van der Waals surface area contributed by atoms with E-state index in [9.17, 15) is 13.2 Å². The Morgan fingerprint density at radius 1 is 1.53 bits per heavy atom. The quantitative estimate of drug-likeness (QED) is 0.743. The van der Waals surface area contributed by atoms with Gasteiger partial charge in [-0.1, -0.05) is 13.8 Å². The summed E-state index contributed by atoms with van der Waals surface area (Å²) in [6, 6.07) is 1.39. The van der Waals surface area contributed by atoms with Gasteiger partial charge in [0.2, 0.25) is 0 Å². The molecule has 108 valence electrons. The number of methoxy groups -OCH3 is 1. The molecule has 19 heavy (non-hydrogen) atoms. The van der Waals surface area contributed by atoms with Gasteiger partial charge in [0.1, 0.15) is 0 Å². The number of nitrogens with zero attached hydrogens (tertiary/aromatic N) is 2. The molecule has 0 saturated carbocycles. The van der Waals surface area contributed by atoms with Crippen molar-refractivity contribution in [3.05, 3.63) is 12.3 Å². The highest BCUT2D eigenvalue weighted by Gasteiger charge is 2.26. The molecule has 0 fully saturated rings. The first-order chi connectivity index (χ1) is 8.87. The molecule has 0 radical (unpaired) electrons. The van der Waals surface area contributed by atoms with E-state index in [1.54, 1.807) is 0 Å². The monoisotopic (exact) mass is 289 g/mol. The number of carbonyl (C=O) groups excluding carboxylic acids is 1. The van der Waals surface area contributed by atoms with E-state index in [2.05, 4.69) is 14.9 Å². The van der Waals surface area contributed by atoms with Gasteiger partial charge in [-0.25, -0.2) is 8.42 Å². The summed E-state index contributed by atoms with van der Waals surface area (Å²) < 4.78 is 30.5. The second-order valence-electron chi connectivity index (χ2n) is 4.50. The summed E-state index contributed by atoms with van der Waals surface area (Å²) in [6.45, 7) is 4.24. The highest BCUT2D eigenvalue weighted by molar-refractivity contribution is 7.89. The van der Waals surface area contributed by atoms with Crippen LogP contribution in [0.2, 0.25) is 0 Å². The lowest BCUT2D eigenvalue weighted by molar-refractivity contribution is -0.140. The maximum absolute atomic E-state index is 12.3. The molecular formula is C11H19N3O4S. The molecule has 0 saturated heterocycles. The van der Waals surface area contributed by atoms with Crippen molar-refractivity contribution in [2.24, 2.45) is 5.92 Å². The smallest absolute Gasteiger partial charge is 0.306 e. The lowest BCUT2D eigenvalue weighted by Gasteiger charge is -2.22. The fourth-order valence-corrected chi connectivity index (χ4v) is 3.07. The van der Waals surface area contributed by atoms with Crippen LogP contribution in [0.4, 0.5) is 0 Å².